The Labute approximate surface area is 593 Å². The smallest absolute Gasteiger partial charge is 0.343 e. The number of carbonyl (C=O) groups excluding carboxylic acids is 12. The number of hydrogen-bond donors (Lipinski definition) is 3. The molecule has 7 rings (SSSR count). The number of piperidine rings is 1. The zero-order valence-electron chi connectivity index (χ0n) is 60.7. The first-order valence-corrected chi connectivity index (χ1v) is 36.7. The zero-order valence-corrected chi connectivity index (χ0v) is 61.5. The highest BCUT2D eigenvalue weighted by Gasteiger charge is 2.51. The number of halogens is 4. The first-order chi connectivity index (χ1) is 47.2. The molecule has 12 amide bonds. The number of amides is 12. The summed E-state index contributed by atoms with van der Waals surface area (Å²) in [4.78, 5) is 191. The van der Waals surface area contributed by atoms with Crippen LogP contribution in [0.25, 0.3) is 0 Å². The highest BCUT2D eigenvalue weighted by atomic mass is 35.5. The van der Waals surface area contributed by atoms with Crippen molar-refractivity contribution in [3.8, 4) is 0 Å². The second kappa shape index (κ2) is 35.7. The molecule has 1 aromatic rings. The molecule has 0 radical (unpaired) electrons. The third kappa shape index (κ3) is 19.8. The van der Waals surface area contributed by atoms with Gasteiger partial charge < -0.3 is 60.0 Å². The molecule has 1 unspecified atom stereocenters. The highest BCUT2D eigenvalue weighted by molar-refractivity contribution is 6.31. The summed E-state index contributed by atoms with van der Waals surface area (Å²) in [6.07, 6.45) is 7.04. The average Bonchev–Trinajstić information content (AvgIpc) is 1.38. The molecule has 3 N–H and O–H groups in total. The van der Waals surface area contributed by atoms with Crippen LogP contribution in [0.3, 0.4) is 0 Å². The Morgan fingerprint density at radius 3 is 1.82 bits per heavy atom. The maximum absolute atomic E-state index is 15.5. The van der Waals surface area contributed by atoms with Gasteiger partial charge in [-0.1, -0.05) is 116 Å². The van der Waals surface area contributed by atoms with Gasteiger partial charge in [-0.25, -0.2) is 0 Å². The van der Waals surface area contributed by atoms with E-state index in [0.717, 1.165) is 79.7 Å². The highest BCUT2D eigenvalue weighted by Crippen LogP contribution is 2.38. The van der Waals surface area contributed by atoms with Crippen molar-refractivity contribution in [1.82, 2.24) is 60.0 Å². The predicted octanol–water partition coefficient (Wildman–Crippen LogP) is 6.03. The summed E-state index contributed by atoms with van der Waals surface area (Å²) >= 11 is 6.15. The van der Waals surface area contributed by atoms with E-state index in [2.05, 4.69) is 16.0 Å². The third-order valence-electron chi connectivity index (χ3n) is 22.2. The van der Waals surface area contributed by atoms with E-state index >= 15 is 33.6 Å². The molecule has 6 fully saturated rings. The third-order valence-corrected chi connectivity index (χ3v) is 22.5. The number of likely N-dealkylation sites (tertiary alicyclic amines) is 1. The number of benzene rings is 1. The SMILES string of the molecule is CC[C@H](C)[C@@H]1NC(=O)[C@H](C2CCCCC2)N(C)C(=O)C[C@@H](C(=O)N2CCCCC2)N(C)C(=O)[C@H](C(C)C)N(C)C(=O)C2(CCCC2)NC(=O)C2CCCN2C(=O)[C@H](CCc2ccc(C(F)(F)F)c(Cl)c2)NC(=O)CN(C)C(=O)[C@H](CC2CCCCC2)N(C)C(=O)CN(C)C(=O)CN(C)C1=O. The standard InChI is InChI=1S/C72H110ClF3N12O12/c1-12-46(4)60-68(98)82(7)43-58(91)80(5)44-59(92)83(8)54(40-47-25-16-13-17-26-47)66(96)81(6)42-56(89)77-52(33-31-48-30-32-50(51(73)39-48)72(74,75)76)65(95)88-38-24-29-53(88)63(93)79-71(34-20-21-35-71)70(100)86(11)61(45(2)3)69(99)84(9)55(67(97)87-36-22-15-23-37-87)41-57(90)85(10)62(64(94)78-60)49-27-18-14-19-28-49/h30,32,39,45-47,49,52-55,60-62H,12-29,31,33-38,40-44H2,1-11H3,(H,77,89)(H,78,94)(H,79,93)/t46-,52-,53?,54-,55-,60-,61-,62-/m0/s1. The van der Waals surface area contributed by atoms with E-state index in [0.29, 0.717) is 70.0 Å². The molecule has 0 bridgehead atoms. The maximum atomic E-state index is 15.5. The van der Waals surface area contributed by atoms with Gasteiger partial charge in [0.15, 0.2) is 0 Å². The van der Waals surface area contributed by atoms with Crippen LogP contribution in [0.5, 0.6) is 0 Å². The summed E-state index contributed by atoms with van der Waals surface area (Å²) in [5, 5.41) is 8.20. The number of aryl methyl sites for hydroxylation is 1. The molecule has 3 saturated carbocycles. The molecule has 1 aromatic carbocycles. The Kier molecular flexibility index (Phi) is 28.7. The Hall–Kier alpha value is -7.06. The van der Waals surface area contributed by atoms with Crippen molar-refractivity contribution < 1.29 is 70.7 Å². The molecule has 3 saturated heterocycles. The summed E-state index contributed by atoms with van der Waals surface area (Å²) in [7, 11) is 9.99. The Balaban J connectivity index is 1.28. The van der Waals surface area contributed by atoms with E-state index < -0.39 is 173 Å². The summed E-state index contributed by atoms with van der Waals surface area (Å²) in [5.74, 6) is -9.10. The van der Waals surface area contributed by atoms with Crippen LogP contribution in [0.4, 0.5) is 13.2 Å². The number of nitrogens with zero attached hydrogens (tertiary/aromatic N) is 9. The minimum Gasteiger partial charge on any atom is -0.343 e. The van der Waals surface area contributed by atoms with E-state index in [1.54, 1.807) is 25.7 Å². The van der Waals surface area contributed by atoms with Gasteiger partial charge >= 0.3 is 6.18 Å². The number of hydrogen-bond acceptors (Lipinski definition) is 12. The molecular weight excluding hydrogens is 1320 g/mol. The van der Waals surface area contributed by atoms with Crippen LogP contribution in [0.15, 0.2) is 18.2 Å². The van der Waals surface area contributed by atoms with Crippen LogP contribution in [0.1, 0.15) is 187 Å². The topological polar surface area (TPSA) is 270 Å². The lowest BCUT2D eigenvalue weighted by Crippen LogP contribution is -2.65. The van der Waals surface area contributed by atoms with E-state index in [1.165, 1.54) is 84.8 Å². The van der Waals surface area contributed by atoms with Crippen LogP contribution in [-0.4, -0.2) is 251 Å². The van der Waals surface area contributed by atoms with Gasteiger partial charge in [0.1, 0.15) is 47.8 Å². The maximum Gasteiger partial charge on any atom is 0.417 e. The van der Waals surface area contributed by atoms with Crippen LogP contribution < -0.4 is 16.0 Å². The molecule has 558 valence electrons. The fourth-order valence-electron chi connectivity index (χ4n) is 15.9. The molecule has 6 aliphatic rings. The number of rotatable bonds is 10. The molecular formula is C72H110ClF3N12O12. The number of fused-ring (bicyclic) bond motifs is 1. The largest absolute Gasteiger partial charge is 0.417 e. The summed E-state index contributed by atoms with van der Waals surface area (Å²) in [6, 6.07) is -5.55. The fraction of sp³-hybridized carbons (Fsp3) is 0.750. The van der Waals surface area contributed by atoms with Crippen molar-refractivity contribution >= 4 is 82.5 Å². The first-order valence-electron chi connectivity index (χ1n) is 36.4. The first kappa shape index (κ1) is 80.3. The number of carbonyl (C=O) groups is 12. The molecule has 8 atom stereocenters. The lowest BCUT2D eigenvalue weighted by Gasteiger charge is -2.42. The van der Waals surface area contributed by atoms with Crippen molar-refractivity contribution in [2.75, 3.05) is 88.6 Å². The van der Waals surface area contributed by atoms with E-state index in [4.69, 9.17) is 11.6 Å². The van der Waals surface area contributed by atoms with Crippen LogP contribution in [0, 0.1) is 23.7 Å². The van der Waals surface area contributed by atoms with Crippen LogP contribution in [-0.2, 0) is 70.1 Å². The second-order valence-electron chi connectivity index (χ2n) is 29.7. The van der Waals surface area contributed by atoms with E-state index in [-0.39, 0.29) is 56.9 Å². The lowest BCUT2D eigenvalue weighted by atomic mass is 9.82. The van der Waals surface area contributed by atoms with Gasteiger partial charge in [0, 0.05) is 69.0 Å². The van der Waals surface area contributed by atoms with Crippen LogP contribution >= 0.6 is 11.6 Å². The van der Waals surface area contributed by atoms with E-state index in [9.17, 15) is 37.1 Å². The van der Waals surface area contributed by atoms with Gasteiger partial charge in [0.05, 0.1) is 36.6 Å². The molecule has 0 aromatic heterocycles. The van der Waals surface area contributed by atoms with E-state index in [1.807, 2.05) is 6.92 Å². The average molecular weight is 1430 g/mol. The molecule has 28 heteroatoms. The number of alkyl halides is 3. The van der Waals surface area contributed by atoms with Crippen molar-refractivity contribution in [1.29, 1.82) is 0 Å². The Bertz CT molecular complexity index is 3120. The summed E-state index contributed by atoms with van der Waals surface area (Å²) in [5.41, 5.74) is -2.35. The van der Waals surface area contributed by atoms with Gasteiger partial charge in [0.2, 0.25) is 70.9 Å². The van der Waals surface area contributed by atoms with Crippen LogP contribution in [0.2, 0.25) is 5.02 Å². The fourth-order valence-corrected chi connectivity index (χ4v) is 16.2. The number of nitrogens with one attached hydrogen (secondary N) is 3. The van der Waals surface area contributed by atoms with Gasteiger partial charge in [-0.2, -0.15) is 13.2 Å². The van der Waals surface area contributed by atoms with Gasteiger partial charge in [0.25, 0.3) is 0 Å². The lowest BCUT2D eigenvalue weighted by molar-refractivity contribution is -0.156. The minimum atomic E-state index is -4.76. The van der Waals surface area contributed by atoms with Gasteiger partial charge in [-0.15, -0.1) is 0 Å². The molecule has 1 spiro atoms. The molecule has 3 heterocycles. The van der Waals surface area contributed by atoms with Gasteiger partial charge in [-0.05, 0) is 118 Å². The van der Waals surface area contributed by atoms with Crippen molar-refractivity contribution in [3.05, 3.63) is 34.3 Å². The normalized spacial score (nSPS) is 26.9. The van der Waals surface area contributed by atoms with Crippen molar-refractivity contribution in [2.24, 2.45) is 23.7 Å². The number of likely N-dealkylation sites (N-methyl/N-ethyl adjacent to an activating group) is 7. The zero-order chi connectivity index (χ0) is 73.7. The van der Waals surface area contributed by atoms with Crippen molar-refractivity contribution in [2.45, 2.75) is 236 Å². The van der Waals surface area contributed by atoms with Crippen molar-refractivity contribution in [3.63, 3.8) is 0 Å². The second-order valence-corrected chi connectivity index (χ2v) is 30.1. The molecule has 3 aliphatic carbocycles. The monoisotopic (exact) mass is 1430 g/mol. The molecule has 100 heavy (non-hydrogen) atoms. The Morgan fingerprint density at radius 1 is 0.620 bits per heavy atom. The predicted molar refractivity (Wildman–Crippen MR) is 369 cm³/mol. The Morgan fingerprint density at radius 2 is 1.22 bits per heavy atom. The summed E-state index contributed by atoms with van der Waals surface area (Å²) < 4.78 is 41.6. The molecule has 24 nitrogen and oxygen atoms in total. The minimum absolute atomic E-state index is 0.0206. The van der Waals surface area contributed by atoms with Gasteiger partial charge in [-0.3, -0.25) is 57.5 Å². The summed E-state index contributed by atoms with van der Waals surface area (Å²) in [6.45, 7) is 6.23. The molecule has 3 aliphatic heterocycles. The quantitative estimate of drug-likeness (QED) is 0.242.